The van der Waals surface area contributed by atoms with Crippen LogP contribution in [0.2, 0.25) is 0 Å². The smallest absolute Gasteiger partial charge is 0.431 e. The van der Waals surface area contributed by atoms with Gasteiger partial charge >= 0.3 is 6.18 Å². The second-order valence-electron chi connectivity index (χ2n) is 6.72. The largest absolute Gasteiger partial charge is 0.512 e. The molecule has 0 aromatic rings. The topological polar surface area (TPSA) is 109 Å². The normalized spacial score (nSPS) is 29.6. The number of rotatable bonds is 5. The van der Waals surface area contributed by atoms with Crippen LogP contribution in [0.1, 0.15) is 12.8 Å². The molecule has 4 unspecified atom stereocenters. The van der Waals surface area contributed by atoms with Crippen molar-refractivity contribution in [3.63, 3.8) is 0 Å². The lowest BCUT2D eigenvalue weighted by Crippen LogP contribution is -2.41. The van der Waals surface area contributed by atoms with E-state index < -0.39 is 41.8 Å². The van der Waals surface area contributed by atoms with Crippen LogP contribution in [0.5, 0.6) is 0 Å². The van der Waals surface area contributed by atoms with Crippen molar-refractivity contribution in [2.45, 2.75) is 31.2 Å². The molecule has 1 amide bonds. The zero-order chi connectivity index (χ0) is 20.3. The highest BCUT2D eigenvalue weighted by Crippen LogP contribution is 2.39. The van der Waals surface area contributed by atoms with Crippen LogP contribution < -0.4 is 16.7 Å². The molecule has 0 fully saturated rings. The highest BCUT2D eigenvalue weighted by Gasteiger charge is 2.50. The summed E-state index contributed by atoms with van der Waals surface area (Å²) in [7, 11) is 0. The number of carbonyl (C=O) groups excluding carboxylic acids is 1. The third kappa shape index (κ3) is 4.28. The number of hydrazine groups is 1. The molecule has 10 heteroatoms. The van der Waals surface area contributed by atoms with Gasteiger partial charge in [0.15, 0.2) is 0 Å². The molecular weight excluding hydrogens is 377 g/mol. The summed E-state index contributed by atoms with van der Waals surface area (Å²) < 4.78 is 45.8. The van der Waals surface area contributed by atoms with E-state index in [0.717, 1.165) is 0 Å². The van der Waals surface area contributed by atoms with Gasteiger partial charge in [-0.25, -0.2) is 5.84 Å². The predicted octanol–water partition coefficient (Wildman–Crippen LogP) is 1.77. The van der Waals surface area contributed by atoms with Gasteiger partial charge in [-0.15, -0.1) is 0 Å². The van der Waals surface area contributed by atoms with Crippen LogP contribution in [0.4, 0.5) is 13.2 Å². The highest BCUT2D eigenvalue weighted by atomic mass is 19.4. The van der Waals surface area contributed by atoms with E-state index in [9.17, 15) is 23.1 Å². The molecule has 0 spiro atoms. The molecule has 0 saturated carbocycles. The quantitative estimate of drug-likeness (QED) is 0.321. The fourth-order valence-corrected chi connectivity index (χ4v) is 3.59. The molecule has 0 aromatic heterocycles. The van der Waals surface area contributed by atoms with Crippen molar-refractivity contribution in [1.29, 1.82) is 0 Å². The van der Waals surface area contributed by atoms with Gasteiger partial charge in [0.25, 0.3) is 5.91 Å². The van der Waals surface area contributed by atoms with Crippen molar-refractivity contribution in [3.05, 3.63) is 47.8 Å². The average Bonchev–Trinajstić information content (AvgIpc) is 3.12. The molecule has 3 rings (SSSR count). The number of nitrogens with one attached hydrogen (secondary N) is 2. The number of hydrazone groups is 1. The van der Waals surface area contributed by atoms with Gasteiger partial charge in [0.1, 0.15) is 18.1 Å². The van der Waals surface area contributed by atoms with Gasteiger partial charge in [-0.1, -0.05) is 36.5 Å². The molecular formula is C18H21F3N4O3. The molecule has 3 aliphatic rings. The first kappa shape index (κ1) is 20.2. The maximum atomic E-state index is 13.5. The first-order valence-electron chi connectivity index (χ1n) is 8.76. The minimum Gasteiger partial charge on any atom is -0.512 e. The first-order valence-corrected chi connectivity index (χ1v) is 8.76. The summed E-state index contributed by atoms with van der Waals surface area (Å²) in [6.07, 6.45) is 5.50. The molecule has 4 atom stereocenters. The summed E-state index contributed by atoms with van der Waals surface area (Å²) in [4.78, 5) is 11.2. The zero-order valence-electron chi connectivity index (χ0n) is 14.8. The summed E-state index contributed by atoms with van der Waals surface area (Å²) in [5, 5.41) is 14.0. The van der Waals surface area contributed by atoms with Crippen LogP contribution in [0.3, 0.4) is 0 Å². The van der Waals surface area contributed by atoms with E-state index in [0.29, 0.717) is 12.0 Å². The monoisotopic (exact) mass is 398 g/mol. The van der Waals surface area contributed by atoms with Crippen molar-refractivity contribution in [3.8, 4) is 0 Å². The molecule has 152 valence electrons. The molecule has 2 aliphatic carbocycles. The van der Waals surface area contributed by atoms with Crippen LogP contribution in [-0.2, 0) is 9.53 Å². The van der Waals surface area contributed by atoms with Crippen LogP contribution in [0, 0.1) is 11.8 Å². The number of halogens is 3. The van der Waals surface area contributed by atoms with Crippen molar-refractivity contribution in [1.82, 2.24) is 10.9 Å². The number of ether oxygens (including phenoxy) is 1. The minimum atomic E-state index is -4.57. The van der Waals surface area contributed by atoms with E-state index in [4.69, 9.17) is 10.6 Å². The number of aliphatic hydroxyl groups is 1. The summed E-state index contributed by atoms with van der Waals surface area (Å²) in [6.45, 7) is -0.293. The Hall–Kier alpha value is -2.59. The number of allylic oxidation sites excluding steroid dienone is 4. The third-order valence-corrected chi connectivity index (χ3v) is 4.91. The Balaban J connectivity index is 1.78. The van der Waals surface area contributed by atoms with Gasteiger partial charge in [-0.3, -0.25) is 10.2 Å². The van der Waals surface area contributed by atoms with Crippen molar-refractivity contribution >= 4 is 11.6 Å². The van der Waals surface area contributed by atoms with E-state index in [1.54, 1.807) is 24.3 Å². The van der Waals surface area contributed by atoms with E-state index in [2.05, 4.69) is 10.5 Å². The van der Waals surface area contributed by atoms with Gasteiger partial charge in [-0.05, 0) is 12.3 Å². The van der Waals surface area contributed by atoms with Crippen LogP contribution in [-0.4, -0.2) is 41.7 Å². The minimum absolute atomic E-state index is 0.0380. The van der Waals surface area contributed by atoms with Crippen molar-refractivity contribution in [2.24, 2.45) is 22.8 Å². The van der Waals surface area contributed by atoms with Crippen LogP contribution in [0.25, 0.3) is 0 Å². The van der Waals surface area contributed by atoms with Crippen LogP contribution >= 0.6 is 0 Å². The maximum Gasteiger partial charge on any atom is 0.431 e. The molecule has 28 heavy (non-hydrogen) atoms. The van der Waals surface area contributed by atoms with Crippen molar-refractivity contribution in [2.75, 3.05) is 6.61 Å². The number of nitrogens with zero attached hydrogens (tertiary/aromatic N) is 1. The van der Waals surface area contributed by atoms with Gasteiger partial charge in [0, 0.05) is 17.9 Å². The van der Waals surface area contributed by atoms with Gasteiger partial charge in [0.05, 0.1) is 12.1 Å². The molecule has 5 N–H and O–H groups in total. The lowest BCUT2D eigenvalue weighted by molar-refractivity contribution is -0.127. The average molecular weight is 398 g/mol. The molecule has 0 saturated heterocycles. The first-order chi connectivity index (χ1) is 13.3. The highest BCUT2D eigenvalue weighted by molar-refractivity contribution is 5.94. The molecule has 1 heterocycles. The summed E-state index contributed by atoms with van der Waals surface area (Å²) in [6, 6.07) is -0.817. The number of nitrogens with two attached hydrogens (primary N) is 1. The fraction of sp³-hybridized carbons (Fsp3) is 0.444. The Kier molecular flexibility index (Phi) is 5.90. The van der Waals surface area contributed by atoms with Gasteiger partial charge in [-0.2, -0.15) is 18.3 Å². The molecule has 0 radical (unpaired) electrons. The number of hydrogen-bond donors (Lipinski definition) is 4. The maximum absolute atomic E-state index is 13.5. The third-order valence-electron chi connectivity index (χ3n) is 4.91. The molecule has 0 bridgehead atoms. The van der Waals surface area contributed by atoms with Crippen LogP contribution in [0.15, 0.2) is 52.9 Å². The van der Waals surface area contributed by atoms with E-state index >= 15 is 0 Å². The molecule has 1 aliphatic heterocycles. The number of alkyl halides is 3. The standard InChI is InChI=1S/C18H21F3N4O3/c19-18(20,21)17-15(10-4-2-1-3-5-10)16(24-25-17)12-7-6-11(8-13(12)26)28-9-14(27)23-22/h1-4,6-7,10-11,15-16,24,26H,5,8-9,22H2,(H,23,27). The van der Waals surface area contributed by atoms with Gasteiger partial charge < -0.3 is 15.3 Å². The number of amides is 1. The number of carbonyl (C=O) groups is 1. The number of hydrogen-bond acceptors (Lipinski definition) is 6. The summed E-state index contributed by atoms with van der Waals surface area (Å²) >= 11 is 0. The van der Waals surface area contributed by atoms with Gasteiger partial charge in [0.2, 0.25) is 0 Å². The van der Waals surface area contributed by atoms with E-state index in [1.807, 2.05) is 11.5 Å². The Labute approximate surface area is 159 Å². The second kappa shape index (κ2) is 8.19. The fourth-order valence-electron chi connectivity index (χ4n) is 3.59. The molecule has 7 nitrogen and oxygen atoms in total. The number of aliphatic hydroxyl groups excluding tert-OH is 1. The van der Waals surface area contributed by atoms with Crippen molar-refractivity contribution < 1.29 is 27.8 Å². The summed E-state index contributed by atoms with van der Waals surface area (Å²) in [5.74, 6) is 2.98. The Morgan fingerprint density at radius 1 is 1.39 bits per heavy atom. The lowest BCUT2D eigenvalue weighted by Gasteiger charge is -2.31. The lowest BCUT2D eigenvalue weighted by atomic mass is 9.76. The SMILES string of the molecule is NNC(=O)COC1C=CC(C2NN=C(C(F)(F)F)C2C2C=CC=CC2)=C(O)C1. The van der Waals surface area contributed by atoms with E-state index in [-0.39, 0.29) is 18.8 Å². The summed E-state index contributed by atoms with van der Waals surface area (Å²) in [5.41, 5.74) is 3.93. The second-order valence-corrected chi connectivity index (χ2v) is 6.72. The zero-order valence-corrected chi connectivity index (χ0v) is 14.8. The van der Waals surface area contributed by atoms with E-state index in [1.165, 1.54) is 6.08 Å². The Morgan fingerprint density at radius 2 is 2.18 bits per heavy atom. The Morgan fingerprint density at radius 3 is 2.79 bits per heavy atom. The Bertz CT molecular complexity index is 771. The molecule has 0 aromatic carbocycles. The predicted molar refractivity (Wildman–Crippen MR) is 95.8 cm³/mol.